The Morgan fingerprint density at radius 2 is 1.85 bits per heavy atom. The smallest absolute Gasteiger partial charge is 0.293 e. The van der Waals surface area contributed by atoms with E-state index in [0.717, 1.165) is 15.6 Å². The maximum absolute atomic E-state index is 12.6. The van der Waals surface area contributed by atoms with Crippen molar-refractivity contribution in [1.29, 1.82) is 0 Å². The first-order valence-electron chi connectivity index (χ1n) is 8.68. The molecule has 7 heteroatoms. The van der Waals surface area contributed by atoms with Crippen molar-refractivity contribution in [3.8, 4) is 11.5 Å². The number of ether oxygens (including phenoxy) is 2. The third kappa shape index (κ3) is 3.33. The first-order chi connectivity index (χ1) is 13.2. The van der Waals surface area contributed by atoms with Crippen molar-refractivity contribution >= 4 is 43.6 Å². The molecule has 0 bridgehead atoms. The zero-order chi connectivity index (χ0) is 18.8. The third-order valence-electron chi connectivity index (χ3n) is 3.93. The number of nitrogens with zero attached hydrogens (tertiary/aromatic N) is 1. The Labute approximate surface area is 159 Å². The van der Waals surface area contributed by atoms with E-state index in [0.29, 0.717) is 35.4 Å². The van der Waals surface area contributed by atoms with Gasteiger partial charge in [-0.2, -0.15) is 0 Å². The summed E-state index contributed by atoms with van der Waals surface area (Å²) in [7, 11) is 0. The van der Waals surface area contributed by atoms with Crippen molar-refractivity contribution in [2.45, 2.75) is 13.8 Å². The molecule has 0 aliphatic carbocycles. The number of amides is 1. The second kappa shape index (κ2) is 7.28. The van der Waals surface area contributed by atoms with Gasteiger partial charge in [-0.3, -0.25) is 10.1 Å². The fourth-order valence-electron chi connectivity index (χ4n) is 2.82. The minimum absolute atomic E-state index is 0.210. The molecule has 1 amide bonds. The third-order valence-corrected chi connectivity index (χ3v) is 4.87. The Kier molecular flexibility index (Phi) is 4.68. The molecule has 138 valence electrons. The molecule has 0 saturated carbocycles. The van der Waals surface area contributed by atoms with Crippen LogP contribution in [0.3, 0.4) is 0 Å². The van der Waals surface area contributed by atoms with Crippen LogP contribution in [0.2, 0.25) is 0 Å². The fourth-order valence-corrected chi connectivity index (χ4v) is 3.70. The van der Waals surface area contributed by atoms with Gasteiger partial charge in [0.2, 0.25) is 0 Å². The quantitative estimate of drug-likeness (QED) is 0.503. The molecule has 2 aromatic heterocycles. The van der Waals surface area contributed by atoms with Crippen LogP contribution in [0.15, 0.2) is 46.9 Å². The first kappa shape index (κ1) is 17.4. The topological polar surface area (TPSA) is 73.6 Å². The molecule has 27 heavy (non-hydrogen) atoms. The number of fused-ring (bicyclic) bond motifs is 2. The molecule has 4 aromatic rings. The van der Waals surface area contributed by atoms with E-state index >= 15 is 0 Å². The van der Waals surface area contributed by atoms with Crippen LogP contribution in [-0.4, -0.2) is 24.1 Å². The van der Waals surface area contributed by atoms with E-state index in [1.165, 1.54) is 11.3 Å². The van der Waals surface area contributed by atoms with E-state index in [1.807, 2.05) is 50.2 Å². The van der Waals surface area contributed by atoms with Crippen LogP contribution in [0.4, 0.5) is 5.13 Å². The van der Waals surface area contributed by atoms with Crippen molar-refractivity contribution in [2.75, 3.05) is 18.5 Å². The molecule has 4 rings (SSSR count). The number of aromatic nitrogens is 1. The maximum Gasteiger partial charge on any atom is 0.293 e. The predicted molar refractivity (Wildman–Crippen MR) is 106 cm³/mol. The summed E-state index contributed by atoms with van der Waals surface area (Å²) in [4.78, 5) is 17.1. The van der Waals surface area contributed by atoms with E-state index in [2.05, 4.69) is 10.3 Å². The summed E-state index contributed by atoms with van der Waals surface area (Å²) >= 11 is 1.39. The van der Waals surface area contributed by atoms with E-state index in [1.54, 1.807) is 6.07 Å². The normalized spacial score (nSPS) is 11.0. The number of carbonyl (C=O) groups is 1. The summed E-state index contributed by atoms with van der Waals surface area (Å²) in [5.74, 6) is 1.18. The van der Waals surface area contributed by atoms with Gasteiger partial charge in [0.15, 0.2) is 22.2 Å². The molecule has 0 aliphatic rings. The number of carbonyl (C=O) groups excluding carboxylic acids is 1. The van der Waals surface area contributed by atoms with Crippen LogP contribution < -0.4 is 14.8 Å². The molecular weight excluding hydrogens is 364 g/mol. The molecule has 6 nitrogen and oxygen atoms in total. The average molecular weight is 382 g/mol. The number of furan rings is 1. The van der Waals surface area contributed by atoms with Gasteiger partial charge in [0, 0.05) is 5.39 Å². The lowest BCUT2D eigenvalue weighted by molar-refractivity contribution is 0.0998. The summed E-state index contributed by atoms with van der Waals surface area (Å²) in [5, 5.41) is 4.11. The molecule has 2 aromatic carbocycles. The van der Waals surface area contributed by atoms with E-state index in [9.17, 15) is 4.79 Å². The monoisotopic (exact) mass is 382 g/mol. The van der Waals surface area contributed by atoms with Gasteiger partial charge in [0.25, 0.3) is 5.91 Å². The number of benzene rings is 2. The van der Waals surface area contributed by atoms with E-state index in [-0.39, 0.29) is 11.7 Å². The Bertz CT molecular complexity index is 1120. The lowest BCUT2D eigenvalue weighted by atomic mass is 10.2. The zero-order valence-electron chi connectivity index (χ0n) is 14.9. The van der Waals surface area contributed by atoms with Crippen molar-refractivity contribution in [2.24, 2.45) is 0 Å². The van der Waals surface area contributed by atoms with Crippen molar-refractivity contribution in [3.05, 3.63) is 48.2 Å². The Morgan fingerprint density at radius 1 is 1.11 bits per heavy atom. The second-order valence-corrected chi connectivity index (χ2v) is 6.76. The summed E-state index contributed by atoms with van der Waals surface area (Å²) in [6.07, 6.45) is 0. The molecule has 1 N–H and O–H groups in total. The number of hydrogen-bond donors (Lipinski definition) is 1. The van der Waals surface area contributed by atoms with Gasteiger partial charge >= 0.3 is 0 Å². The van der Waals surface area contributed by atoms with Crippen LogP contribution >= 0.6 is 11.3 Å². The minimum atomic E-state index is -0.356. The van der Waals surface area contributed by atoms with Gasteiger partial charge in [-0.1, -0.05) is 29.5 Å². The van der Waals surface area contributed by atoms with Crippen LogP contribution in [0.1, 0.15) is 24.4 Å². The van der Waals surface area contributed by atoms with Gasteiger partial charge in [0.05, 0.1) is 17.9 Å². The molecule has 0 aliphatic heterocycles. The number of anilines is 1. The highest BCUT2D eigenvalue weighted by Gasteiger charge is 2.17. The average Bonchev–Trinajstić information content (AvgIpc) is 3.27. The standard InChI is InChI=1S/C20H18N2O4S/c1-3-24-13-8-6-10-16-17(13)21-20(27-16)22-19(23)15-11-12-7-5-9-14(25-4-2)18(12)26-15/h5-11H,3-4H2,1-2H3,(H,21,22,23). The summed E-state index contributed by atoms with van der Waals surface area (Å²) in [5.41, 5.74) is 1.30. The largest absolute Gasteiger partial charge is 0.492 e. The highest BCUT2D eigenvalue weighted by atomic mass is 32.1. The summed E-state index contributed by atoms with van der Waals surface area (Å²) in [6, 6.07) is 13.0. The summed E-state index contributed by atoms with van der Waals surface area (Å²) in [6.45, 7) is 4.90. The van der Waals surface area contributed by atoms with Crippen LogP contribution in [0.25, 0.3) is 21.2 Å². The van der Waals surface area contributed by atoms with Crippen molar-refractivity contribution in [1.82, 2.24) is 4.98 Å². The number of nitrogens with one attached hydrogen (secondary N) is 1. The Hall–Kier alpha value is -3.06. The molecule has 0 unspecified atom stereocenters. The lowest BCUT2D eigenvalue weighted by Gasteiger charge is -2.02. The van der Waals surface area contributed by atoms with Gasteiger partial charge < -0.3 is 13.9 Å². The fraction of sp³-hybridized carbons (Fsp3) is 0.200. The Balaban J connectivity index is 1.62. The zero-order valence-corrected chi connectivity index (χ0v) is 15.8. The molecule has 2 heterocycles. The maximum atomic E-state index is 12.6. The highest BCUT2D eigenvalue weighted by molar-refractivity contribution is 7.22. The van der Waals surface area contributed by atoms with E-state index in [4.69, 9.17) is 13.9 Å². The van der Waals surface area contributed by atoms with Gasteiger partial charge in [-0.25, -0.2) is 4.98 Å². The van der Waals surface area contributed by atoms with Gasteiger partial charge in [0.1, 0.15) is 11.3 Å². The predicted octanol–water partition coefficient (Wildman–Crippen LogP) is 5.09. The van der Waals surface area contributed by atoms with Crippen molar-refractivity contribution < 1.29 is 18.7 Å². The van der Waals surface area contributed by atoms with Crippen LogP contribution in [-0.2, 0) is 0 Å². The van der Waals surface area contributed by atoms with Gasteiger partial charge in [-0.05, 0) is 38.1 Å². The SMILES string of the molecule is CCOc1cccc2sc(NC(=O)c3cc4cccc(OCC)c4o3)nc12. The van der Waals surface area contributed by atoms with Crippen LogP contribution in [0, 0.1) is 0 Å². The molecule has 0 spiro atoms. The highest BCUT2D eigenvalue weighted by Crippen LogP contribution is 2.33. The first-order valence-corrected chi connectivity index (χ1v) is 9.50. The number of para-hydroxylation sites is 2. The number of rotatable bonds is 6. The molecule has 0 fully saturated rings. The lowest BCUT2D eigenvalue weighted by Crippen LogP contribution is -2.10. The van der Waals surface area contributed by atoms with Gasteiger partial charge in [-0.15, -0.1) is 0 Å². The van der Waals surface area contributed by atoms with E-state index < -0.39 is 0 Å². The minimum Gasteiger partial charge on any atom is -0.492 e. The number of thiazole rings is 1. The molecule has 0 radical (unpaired) electrons. The molecule has 0 atom stereocenters. The van der Waals surface area contributed by atoms with Crippen LogP contribution in [0.5, 0.6) is 11.5 Å². The molecule has 0 saturated heterocycles. The summed E-state index contributed by atoms with van der Waals surface area (Å²) < 4.78 is 17.8. The molecular formula is C20H18N2O4S. The Morgan fingerprint density at radius 3 is 2.67 bits per heavy atom. The second-order valence-electron chi connectivity index (χ2n) is 5.73. The number of hydrogen-bond acceptors (Lipinski definition) is 6. The van der Waals surface area contributed by atoms with Crippen molar-refractivity contribution in [3.63, 3.8) is 0 Å².